The molecule has 2 rings (SSSR count). The van der Waals surface area contributed by atoms with Gasteiger partial charge in [-0.15, -0.1) is 0 Å². The van der Waals surface area contributed by atoms with Crippen LogP contribution in [-0.4, -0.2) is 45.7 Å². The average Bonchev–Trinajstić information content (AvgIpc) is 2.80. The highest BCUT2D eigenvalue weighted by atomic mass is 32.1. The molecular weight excluding hydrogens is 486 g/mol. The van der Waals surface area contributed by atoms with Crippen LogP contribution in [0.25, 0.3) is 6.08 Å². The number of hydrogen-bond donors (Lipinski definition) is 3. The first-order valence-electron chi connectivity index (χ1n) is 12.2. The van der Waals surface area contributed by atoms with Crippen molar-refractivity contribution in [3.8, 4) is 0 Å². The molecule has 2 unspecified atom stereocenters. The third kappa shape index (κ3) is 8.39. The number of amides is 3. The van der Waals surface area contributed by atoms with Crippen LogP contribution >= 0.6 is 12.6 Å². The quantitative estimate of drug-likeness (QED) is 0.382. The van der Waals surface area contributed by atoms with E-state index < -0.39 is 35.2 Å². The van der Waals surface area contributed by atoms with Crippen LogP contribution in [0.15, 0.2) is 55.1 Å². The maximum absolute atomic E-state index is 14.0. The Morgan fingerprint density at radius 3 is 2.24 bits per heavy atom. The Kier molecular flexibility index (Phi) is 9.98. The first-order chi connectivity index (χ1) is 17.2. The van der Waals surface area contributed by atoms with Gasteiger partial charge in [0.05, 0.1) is 0 Å². The number of ether oxygens (including phenoxy) is 1. The molecule has 2 N–H and O–H groups in total. The predicted octanol–water partition coefficient (Wildman–Crippen LogP) is 5.77. The number of benzene rings is 2. The fraction of sp³-hybridized carbons (Fsp3) is 0.414. The number of aryl methyl sites for hydroxylation is 1. The summed E-state index contributed by atoms with van der Waals surface area (Å²) in [5.41, 5.74) is 1.43. The van der Waals surface area contributed by atoms with Crippen molar-refractivity contribution in [1.29, 1.82) is 0 Å². The highest BCUT2D eigenvalue weighted by molar-refractivity contribution is 7.80. The summed E-state index contributed by atoms with van der Waals surface area (Å²) in [6.45, 7) is 16.5. The molecule has 0 heterocycles. The van der Waals surface area contributed by atoms with E-state index in [9.17, 15) is 14.4 Å². The molecule has 0 aliphatic heterocycles. The van der Waals surface area contributed by atoms with Crippen molar-refractivity contribution in [3.63, 3.8) is 0 Å². The smallest absolute Gasteiger partial charge is 0.408 e. The number of rotatable bonds is 8. The van der Waals surface area contributed by atoms with Gasteiger partial charge in [0.2, 0.25) is 5.91 Å². The predicted molar refractivity (Wildman–Crippen MR) is 153 cm³/mol. The summed E-state index contributed by atoms with van der Waals surface area (Å²) >= 11 is 4.33. The Morgan fingerprint density at radius 1 is 1.05 bits per heavy atom. The van der Waals surface area contributed by atoms with Gasteiger partial charge in [0.1, 0.15) is 17.7 Å². The molecule has 37 heavy (non-hydrogen) atoms. The fourth-order valence-corrected chi connectivity index (χ4v) is 4.08. The van der Waals surface area contributed by atoms with Gasteiger partial charge in [-0.1, -0.05) is 49.1 Å². The highest BCUT2D eigenvalue weighted by Crippen LogP contribution is 2.32. The molecule has 8 heteroatoms. The van der Waals surface area contributed by atoms with Gasteiger partial charge in [-0.25, -0.2) is 4.79 Å². The zero-order valence-electron chi connectivity index (χ0n) is 22.8. The molecule has 0 bridgehead atoms. The van der Waals surface area contributed by atoms with E-state index in [4.69, 9.17) is 4.74 Å². The molecule has 2 aromatic rings. The van der Waals surface area contributed by atoms with Crippen LogP contribution in [0.2, 0.25) is 0 Å². The number of nitrogens with one attached hydrogen (secondary N) is 2. The van der Waals surface area contributed by atoms with Crippen LogP contribution in [0.3, 0.4) is 0 Å². The van der Waals surface area contributed by atoms with E-state index >= 15 is 0 Å². The third-order valence-corrected chi connectivity index (χ3v) is 5.87. The Hall–Kier alpha value is -3.26. The molecule has 7 nitrogen and oxygen atoms in total. The van der Waals surface area contributed by atoms with Crippen LogP contribution in [0, 0.1) is 6.92 Å². The second-order valence-corrected chi connectivity index (χ2v) is 11.2. The van der Waals surface area contributed by atoms with Crippen LogP contribution in [0.1, 0.15) is 64.3 Å². The van der Waals surface area contributed by atoms with Gasteiger partial charge >= 0.3 is 6.09 Å². The standard InChI is InChI=1S/C29H39N3O4S/c1-9-20-14-12-15-21(17-20)24(25(33)30-22-16-11-10-13-19(22)2)32(28(3,4)5)26(34)23(18-37)31-27(35)36-29(6,7)8/h9-17,23-24,37H,1,18H2,2-8H3,(H,30,33)(H,31,35). The summed E-state index contributed by atoms with van der Waals surface area (Å²) in [7, 11) is 0. The molecule has 2 aromatic carbocycles. The van der Waals surface area contributed by atoms with Crippen LogP contribution in [-0.2, 0) is 14.3 Å². The van der Waals surface area contributed by atoms with E-state index in [0.717, 1.165) is 11.1 Å². The van der Waals surface area contributed by atoms with Crippen LogP contribution in [0.4, 0.5) is 10.5 Å². The second-order valence-electron chi connectivity index (χ2n) is 10.8. The molecular formula is C29H39N3O4S. The van der Waals surface area contributed by atoms with Crippen molar-refractivity contribution in [1.82, 2.24) is 10.2 Å². The van der Waals surface area contributed by atoms with Crippen molar-refractivity contribution in [2.75, 3.05) is 11.1 Å². The van der Waals surface area contributed by atoms with Crippen molar-refractivity contribution in [2.24, 2.45) is 0 Å². The third-order valence-electron chi connectivity index (χ3n) is 5.50. The molecule has 0 spiro atoms. The first kappa shape index (κ1) is 30.0. The Balaban J connectivity index is 2.58. The summed E-state index contributed by atoms with van der Waals surface area (Å²) in [5.74, 6) is -0.819. The second kappa shape index (κ2) is 12.3. The van der Waals surface area contributed by atoms with E-state index in [1.54, 1.807) is 32.9 Å². The zero-order chi connectivity index (χ0) is 28.0. The molecule has 0 aromatic heterocycles. The number of thiol groups is 1. The van der Waals surface area contributed by atoms with Crippen LogP contribution < -0.4 is 10.6 Å². The molecule has 0 aliphatic carbocycles. The molecule has 3 amide bonds. The molecule has 2 atom stereocenters. The van der Waals surface area contributed by atoms with Gasteiger partial charge in [-0.3, -0.25) is 9.59 Å². The lowest BCUT2D eigenvalue weighted by Crippen LogP contribution is -2.58. The lowest BCUT2D eigenvalue weighted by Gasteiger charge is -2.43. The van der Waals surface area contributed by atoms with E-state index in [1.807, 2.05) is 70.2 Å². The Labute approximate surface area is 226 Å². The number of alkyl carbamates (subject to hydrolysis) is 1. The maximum Gasteiger partial charge on any atom is 0.408 e. The lowest BCUT2D eigenvalue weighted by molar-refractivity contribution is -0.146. The largest absolute Gasteiger partial charge is 0.444 e. The fourth-order valence-electron chi connectivity index (χ4n) is 3.84. The number of carbonyl (C=O) groups excluding carboxylic acids is 3. The normalized spacial score (nSPS) is 13.2. The number of anilines is 1. The molecule has 0 fully saturated rings. The summed E-state index contributed by atoms with van der Waals surface area (Å²) in [5, 5.41) is 5.62. The minimum absolute atomic E-state index is 0.0173. The number of nitrogens with zero attached hydrogens (tertiary/aromatic N) is 1. The SMILES string of the molecule is C=Cc1cccc(C(C(=O)Nc2ccccc2C)N(C(=O)C(CS)NC(=O)OC(C)(C)C)C(C)(C)C)c1. The monoisotopic (exact) mass is 525 g/mol. The highest BCUT2D eigenvalue weighted by Gasteiger charge is 2.41. The van der Waals surface area contributed by atoms with Crippen molar-refractivity contribution < 1.29 is 19.1 Å². The summed E-state index contributed by atoms with van der Waals surface area (Å²) in [6, 6.07) is 12.7. The summed E-state index contributed by atoms with van der Waals surface area (Å²) in [4.78, 5) is 42.0. The number of para-hydroxylation sites is 1. The van der Waals surface area contributed by atoms with Gasteiger partial charge in [-0.2, -0.15) is 12.6 Å². The number of carbonyl (C=O) groups is 3. The minimum Gasteiger partial charge on any atom is -0.444 e. The first-order valence-corrected chi connectivity index (χ1v) is 12.8. The molecule has 0 radical (unpaired) electrons. The van der Waals surface area contributed by atoms with E-state index in [1.165, 1.54) is 4.90 Å². The van der Waals surface area contributed by atoms with E-state index in [0.29, 0.717) is 11.3 Å². The molecule has 0 saturated carbocycles. The van der Waals surface area contributed by atoms with Gasteiger partial charge in [0, 0.05) is 17.0 Å². The molecule has 0 saturated heterocycles. The Bertz CT molecular complexity index is 1130. The van der Waals surface area contributed by atoms with Gasteiger partial charge in [0.15, 0.2) is 0 Å². The van der Waals surface area contributed by atoms with Gasteiger partial charge < -0.3 is 20.3 Å². The van der Waals surface area contributed by atoms with Crippen molar-refractivity contribution in [2.45, 2.75) is 71.7 Å². The van der Waals surface area contributed by atoms with Crippen LogP contribution in [0.5, 0.6) is 0 Å². The van der Waals surface area contributed by atoms with E-state index in [2.05, 4.69) is 29.8 Å². The molecule has 0 aliphatic rings. The minimum atomic E-state index is -1.02. The molecule has 200 valence electrons. The zero-order valence-corrected chi connectivity index (χ0v) is 23.7. The van der Waals surface area contributed by atoms with Crippen molar-refractivity contribution >= 4 is 42.3 Å². The van der Waals surface area contributed by atoms with Crippen molar-refractivity contribution in [3.05, 3.63) is 71.8 Å². The van der Waals surface area contributed by atoms with Gasteiger partial charge in [0.25, 0.3) is 5.91 Å². The summed E-state index contributed by atoms with van der Waals surface area (Å²) in [6.07, 6.45) is 0.951. The average molecular weight is 526 g/mol. The van der Waals surface area contributed by atoms with Gasteiger partial charge in [-0.05, 0) is 77.3 Å². The maximum atomic E-state index is 14.0. The number of hydrogen-bond acceptors (Lipinski definition) is 5. The Morgan fingerprint density at radius 2 is 1.70 bits per heavy atom. The van der Waals surface area contributed by atoms with E-state index in [-0.39, 0.29) is 11.7 Å². The summed E-state index contributed by atoms with van der Waals surface area (Å²) < 4.78 is 5.36. The lowest BCUT2D eigenvalue weighted by atomic mass is 9.94. The topological polar surface area (TPSA) is 87.7 Å².